The van der Waals surface area contributed by atoms with Gasteiger partial charge < -0.3 is 4.57 Å². The van der Waals surface area contributed by atoms with E-state index in [1.807, 2.05) is 18.3 Å². The lowest BCUT2D eigenvalue weighted by Crippen LogP contribution is -2.41. The Labute approximate surface area is 105 Å². The van der Waals surface area contributed by atoms with Crippen LogP contribution in [0.1, 0.15) is 12.0 Å². The van der Waals surface area contributed by atoms with Crippen molar-refractivity contribution in [1.82, 2.24) is 9.47 Å². The first-order valence-electron chi connectivity index (χ1n) is 6.44. The molecule has 0 fully saturated rings. The number of likely N-dealkylation sites (N-methyl/N-ethyl adjacent to an activating group) is 1. The van der Waals surface area contributed by atoms with E-state index in [0.717, 1.165) is 30.4 Å². The summed E-state index contributed by atoms with van der Waals surface area (Å²) in [4.78, 5) is 2.40. The molecule has 4 rings (SSSR count). The molecule has 2 aromatic rings. The first kappa shape index (κ1) is 10.3. The van der Waals surface area contributed by atoms with Crippen LogP contribution in [0.25, 0.3) is 16.5 Å². The second kappa shape index (κ2) is 3.45. The lowest BCUT2D eigenvalue weighted by molar-refractivity contribution is 0.260. The van der Waals surface area contributed by atoms with E-state index in [1.54, 1.807) is 6.07 Å². The van der Waals surface area contributed by atoms with Gasteiger partial charge >= 0.3 is 0 Å². The monoisotopic (exact) mass is 242 g/mol. The minimum Gasteiger partial charge on any atom is -0.345 e. The van der Waals surface area contributed by atoms with Gasteiger partial charge in [-0.2, -0.15) is 0 Å². The largest absolute Gasteiger partial charge is 0.345 e. The molecule has 18 heavy (non-hydrogen) atoms. The highest BCUT2D eigenvalue weighted by Crippen LogP contribution is 2.37. The van der Waals surface area contributed by atoms with E-state index in [0.29, 0.717) is 6.04 Å². The summed E-state index contributed by atoms with van der Waals surface area (Å²) in [6.07, 6.45) is 5.42. The van der Waals surface area contributed by atoms with Crippen LogP contribution in [0.3, 0.4) is 0 Å². The summed E-state index contributed by atoms with van der Waals surface area (Å²) in [7, 11) is 2.17. The minimum absolute atomic E-state index is 0.115. The predicted molar refractivity (Wildman–Crippen MR) is 70.9 cm³/mol. The smallest absolute Gasteiger partial charge is 0.132 e. The van der Waals surface area contributed by atoms with Gasteiger partial charge in [-0.1, -0.05) is 6.08 Å². The van der Waals surface area contributed by atoms with Crippen molar-refractivity contribution in [3.63, 3.8) is 0 Å². The fourth-order valence-corrected chi connectivity index (χ4v) is 3.34. The molecule has 0 spiro atoms. The Morgan fingerprint density at radius 3 is 3.06 bits per heavy atom. The number of rotatable bonds is 0. The third kappa shape index (κ3) is 1.20. The van der Waals surface area contributed by atoms with Gasteiger partial charge in [0.2, 0.25) is 0 Å². The van der Waals surface area contributed by atoms with Crippen LogP contribution in [0.15, 0.2) is 30.5 Å². The van der Waals surface area contributed by atoms with Crippen LogP contribution in [-0.2, 0) is 6.54 Å². The zero-order valence-electron chi connectivity index (χ0n) is 10.4. The van der Waals surface area contributed by atoms with Gasteiger partial charge in [0.1, 0.15) is 5.82 Å². The van der Waals surface area contributed by atoms with E-state index in [9.17, 15) is 4.39 Å². The molecule has 3 heteroatoms. The number of hydrogen-bond donors (Lipinski definition) is 0. The molecule has 1 atom stereocenters. The highest BCUT2D eigenvalue weighted by atomic mass is 19.1. The zero-order valence-corrected chi connectivity index (χ0v) is 10.4. The molecule has 0 radical (unpaired) electrons. The number of hydrogen-bond acceptors (Lipinski definition) is 1. The summed E-state index contributed by atoms with van der Waals surface area (Å²) in [6, 6.07) is 5.87. The Morgan fingerprint density at radius 1 is 1.28 bits per heavy atom. The molecule has 92 valence electrons. The van der Waals surface area contributed by atoms with Crippen LogP contribution in [0.2, 0.25) is 0 Å². The number of nitrogens with zero attached hydrogens (tertiary/aromatic N) is 2. The number of halogens is 1. The van der Waals surface area contributed by atoms with Crippen LogP contribution < -0.4 is 0 Å². The summed E-state index contributed by atoms with van der Waals surface area (Å²) in [6.45, 7) is 2.04. The molecule has 2 aliphatic heterocycles. The van der Waals surface area contributed by atoms with Gasteiger partial charge in [0.05, 0.1) is 11.6 Å². The minimum atomic E-state index is -0.115. The normalized spacial score (nSPS) is 23.0. The maximum Gasteiger partial charge on any atom is 0.132 e. The van der Waals surface area contributed by atoms with Crippen molar-refractivity contribution in [2.45, 2.75) is 19.0 Å². The molecule has 1 unspecified atom stereocenters. The molecule has 3 heterocycles. The predicted octanol–water partition coefficient (Wildman–Crippen LogP) is 2.88. The highest BCUT2D eigenvalue weighted by molar-refractivity contribution is 5.95. The average Bonchev–Trinajstić information content (AvgIpc) is 2.79. The van der Waals surface area contributed by atoms with E-state index >= 15 is 0 Å². The third-order valence-electron chi connectivity index (χ3n) is 4.29. The molecule has 0 saturated carbocycles. The second-order valence-electron chi connectivity index (χ2n) is 5.27. The molecule has 1 aromatic carbocycles. The Hall–Kier alpha value is -1.61. The summed E-state index contributed by atoms with van der Waals surface area (Å²) < 4.78 is 16.0. The molecule has 0 amide bonds. The molecular weight excluding hydrogens is 227 g/mol. The molecule has 0 saturated heterocycles. The molecule has 0 bridgehead atoms. The number of fused-ring (bicyclic) bond motifs is 2. The lowest BCUT2D eigenvalue weighted by atomic mass is 9.89. The SMILES string of the molecule is CN1CCC=C2c3ccc(F)c4ccn(c34)CC21. The Bertz CT molecular complexity index is 668. The standard InChI is InChI=1S/C15H15FN2/c1-17-7-2-3-10-11-4-5-13(16)12-6-8-18(15(11)12)9-14(10)17/h3-6,8,14H,2,7,9H2,1H3. The van der Waals surface area contributed by atoms with Gasteiger partial charge in [0.25, 0.3) is 0 Å². The topological polar surface area (TPSA) is 8.17 Å². The van der Waals surface area contributed by atoms with Crippen molar-refractivity contribution in [3.8, 4) is 0 Å². The molecule has 2 nitrogen and oxygen atoms in total. The molecule has 1 aromatic heterocycles. The van der Waals surface area contributed by atoms with Crippen molar-refractivity contribution in [2.24, 2.45) is 0 Å². The van der Waals surface area contributed by atoms with E-state index in [-0.39, 0.29) is 5.82 Å². The van der Waals surface area contributed by atoms with E-state index in [2.05, 4.69) is 22.6 Å². The third-order valence-corrected chi connectivity index (χ3v) is 4.29. The summed E-state index contributed by atoms with van der Waals surface area (Å²) >= 11 is 0. The number of benzene rings is 1. The Kier molecular flexibility index (Phi) is 1.98. The Morgan fingerprint density at radius 2 is 2.17 bits per heavy atom. The van der Waals surface area contributed by atoms with Crippen molar-refractivity contribution in [2.75, 3.05) is 13.6 Å². The molecule has 0 aliphatic carbocycles. The maximum absolute atomic E-state index is 13.8. The molecule has 2 aliphatic rings. The van der Waals surface area contributed by atoms with Crippen LogP contribution in [-0.4, -0.2) is 29.1 Å². The lowest BCUT2D eigenvalue weighted by Gasteiger charge is -2.37. The first-order valence-corrected chi connectivity index (χ1v) is 6.44. The number of aromatic nitrogens is 1. The summed E-state index contributed by atoms with van der Waals surface area (Å²) in [5.41, 5.74) is 3.65. The van der Waals surface area contributed by atoms with Crippen molar-refractivity contribution < 1.29 is 4.39 Å². The quantitative estimate of drug-likeness (QED) is 0.689. The fourth-order valence-electron chi connectivity index (χ4n) is 3.34. The van der Waals surface area contributed by atoms with E-state index in [1.165, 1.54) is 11.1 Å². The van der Waals surface area contributed by atoms with Gasteiger partial charge in [-0.3, -0.25) is 4.90 Å². The van der Waals surface area contributed by atoms with Crippen molar-refractivity contribution in [1.29, 1.82) is 0 Å². The summed E-state index contributed by atoms with van der Waals surface area (Å²) in [5, 5.41) is 0.750. The average molecular weight is 242 g/mol. The highest BCUT2D eigenvalue weighted by Gasteiger charge is 2.30. The van der Waals surface area contributed by atoms with Crippen LogP contribution in [0.4, 0.5) is 4.39 Å². The van der Waals surface area contributed by atoms with Crippen molar-refractivity contribution in [3.05, 3.63) is 41.9 Å². The van der Waals surface area contributed by atoms with E-state index in [4.69, 9.17) is 0 Å². The van der Waals surface area contributed by atoms with Gasteiger partial charge in [-0.05, 0) is 37.2 Å². The molecular formula is C15H15FN2. The van der Waals surface area contributed by atoms with Crippen LogP contribution >= 0.6 is 0 Å². The van der Waals surface area contributed by atoms with Gasteiger partial charge in [0, 0.05) is 30.2 Å². The fraction of sp³-hybridized carbons (Fsp3) is 0.333. The Balaban J connectivity index is 2.04. The molecule has 0 N–H and O–H groups in total. The van der Waals surface area contributed by atoms with Crippen molar-refractivity contribution >= 4 is 16.5 Å². The second-order valence-corrected chi connectivity index (χ2v) is 5.27. The summed E-state index contributed by atoms with van der Waals surface area (Å²) in [5.74, 6) is -0.115. The first-order chi connectivity index (χ1) is 8.75. The van der Waals surface area contributed by atoms with Crippen LogP contribution in [0.5, 0.6) is 0 Å². The zero-order chi connectivity index (χ0) is 12.3. The van der Waals surface area contributed by atoms with Gasteiger partial charge in [-0.25, -0.2) is 4.39 Å². The van der Waals surface area contributed by atoms with Gasteiger partial charge in [0.15, 0.2) is 0 Å². The van der Waals surface area contributed by atoms with E-state index < -0.39 is 0 Å². The van der Waals surface area contributed by atoms with Crippen LogP contribution in [0, 0.1) is 5.82 Å². The maximum atomic E-state index is 13.8. The van der Waals surface area contributed by atoms with Gasteiger partial charge in [-0.15, -0.1) is 0 Å².